The van der Waals surface area contributed by atoms with Gasteiger partial charge < -0.3 is 20.7 Å². The van der Waals surface area contributed by atoms with E-state index < -0.39 is 0 Å². The maximum atomic E-state index is 12.8. The zero-order chi connectivity index (χ0) is 17.4. The van der Waals surface area contributed by atoms with Crippen molar-refractivity contribution >= 4 is 24.2 Å². The summed E-state index contributed by atoms with van der Waals surface area (Å²) in [5.74, 6) is 0.216. The van der Waals surface area contributed by atoms with Crippen molar-refractivity contribution in [3.63, 3.8) is 0 Å². The first kappa shape index (κ1) is 21.0. The summed E-state index contributed by atoms with van der Waals surface area (Å²) >= 11 is 0. The SMILES string of the molecule is C=CCOc1ccccc1C(=O)N1CCCC(C(=O)NCCN)C1.Cl. The number of benzene rings is 1. The van der Waals surface area contributed by atoms with Crippen LogP contribution in [0.15, 0.2) is 36.9 Å². The maximum absolute atomic E-state index is 12.8. The molecule has 25 heavy (non-hydrogen) atoms. The Morgan fingerprint density at radius 2 is 2.16 bits per heavy atom. The minimum atomic E-state index is -0.185. The third-order valence-corrected chi connectivity index (χ3v) is 4.00. The number of carbonyl (C=O) groups excluding carboxylic acids is 2. The van der Waals surface area contributed by atoms with E-state index in [1.54, 1.807) is 23.1 Å². The Morgan fingerprint density at radius 3 is 2.88 bits per heavy atom. The molecule has 1 saturated heterocycles. The Bertz CT molecular complexity index is 595. The molecule has 1 aromatic rings. The van der Waals surface area contributed by atoms with Crippen molar-refractivity contribution < 1.29 is 14.3 Å². The lowest BCUT2D eigenvalue weighted by molar-refractivity contribution is -0.126. The van der Waals surface area contributed by atoms with E-state index in [0.717, 1.165) is 12.8 Å². The molecule has 1 aliphatic rings. The third kappa shape index (κ3) is 5.76. The van der Waals surface area contributed by atoms with Gasteiger partial charge in [-0.25, -0.2) is 0 Å². The molecule has 0 radical (unpaired) electrons. The van der Waals surface area contributed by atoms with E-state index in [1.165, 1.54) is 0 Å². The van der Waals surface area contributed by atoms with Crippen LogP contribution in [0.5, 0.6) is 5.75 Å². The largest absolute Gasteiger partial charge is 0.489 e. The van der Waals surface area contributed by atoms with Crippen molar-refractivity contribution in [3.8, 4) is 5.75 Å². The van der Waals surface area contributed by atoms with Crippen molar-refractivity contribution in [2.75, 3.05) is 32.8 Å². The number of nitrogens with one attached hydrogen (secondary N) is 1. The smallest absolute Gasteiger partial charge is 0.257 e. The quantitative estimate of drug-likeness (QED) is 0.717. The van der Waals surface area contributed by atoms with Crippen LogP contribution in [0, 0.1) is 5.92 Å². The van der Waals surface area contributed by atoms with Gasteiger partial charge in [-0.05, 0) is 25.0 Å². The summed E-state index contributed by atoms with van der Waals surface area (Å²) in [5, 5.41) is 2.80. The number of amides is 2. The lowest BCUT2D eigenvalue weighted by Gasteiger charge is -2.32. The van der Waals surface area contributed by atoms with Gasteiger partial charge in [0.1, 0.15) is 12.4 Å². The van der Waals surface area contributed by atoms with Gasteiger partial charge in [0.05, 0.1) is 11.5 Å². The zero-order valence-electron chi connectivity index (χ0n) is 14.3. The maximum Gasteiger partial charge on any atom is 0.257 e. The number of para-hydroxylation sites is 1. The van der Waals surface area contributed by atoms with E-state index in [-0.39, 0.29) is 30.1 Å². The highest BCUT2D eigenvalue weighted by molar-refractivity contribution is 5.97. The predicted octanol–water partition coefficient (Wildman–Crippen LogP) is 1.60. The van der Waals surface area contributed by atoms with Gasteiger partial charge in [0.15, 0.2) is 0 Å². The Labute approximate surface area is 154 Å². The lowest BCUT2D eigenvalue weighted by Crippen LogP contribution is -2.46. The molecule has 7 heteroatoms. The minimum Gasteiger partial charge on any atom is -0.489 e. The summed E-state index contributed by atoms with van der Waals surface area (Å²) < 4.78 is 5.57. The van der Waals surface area contributed by atoms with Gasteiger partial charge in [-0.2, -0.15) is 0 Å². The number of hydrogen-bond acceptors (Lipinski definition) is 4. The number of likely N-dealkylation sites (tertiary alicyclic amines) is 1. The first-order valence-corrected chi connectivity index (χ1v) is 8.27. The number of halogens is 1. The number of nitrogens with two attached hydrogens (primary N) is 1. The van der Waals surface area contributed by atoms with Crippen LogP contribution in [0.3, 0.4) is 0 Å². The van der Waals surface area contributed by atoms with Gasteiger partial charge in [-0.3, -0.25) is 9.59 Å². The van der Waals surface area contributed by atoms with Crippen LogP contribution in [-0.2, 0) is 4.79 Å². The zero-order valence-corrected chi connectivity index (χ0v) is 15.1. The van der Waals surface area contributed by atoms with Crippen molar-refractivity contribution in [2.24, 2.45) is 11.7 Å². The standard InChI is InChI=1S/C18H25N3O3.ClH/c1-2-12-24-16-8-4-3-7-15(16)18(23)21-11-5-6-14(13-21)17(22)20-10-9-19;/h2-4,7-8,14H,1,5-6,9-13,19H2,(H,20,22);1H. The number of nitrogens with zero attached hydrogens (tertiary/aromatic N) is 1. The molecule has 1 atom stereocenters. The average molecular weight is 368 g/mol. The fraction of sp³-hybridized carbons (Fsp3) is 0.444. The van der Waals surface area contributed by atoms with Crippen molar-refractivity contribution in [3.05, 3.63) is 42.5 Å². The molecule has 1 heterocycles. The van der Waals surface area contributed by atoms with Gasteiger partial charge in [0.25, 0.3) is 5.91 Å². The van der Waals surface area contributed by atoms with Gasteiger partial charge in [0.2, 0.25) is 5.91 Å². The Balaban J connectivity index is 0.00000312. The number of rotatable bonds is 7. The van der Waals surface area contributed by atoms with Gasteiger partial charge in [0, 0.05) is 26.2 Å². The van der Waals surface area contributed by atoms with E-state index in [1.807, 2.05) is 12.1 Å². The Morgan fingerprint density at radius 1 is 1.40 bits per heavy atom. The highest BCUT2D eigenvalue weighted by atomic mass is 35.5. The van der Waals surface area contributed by atoms with Crippen LogP contribution < -0.4 is 15.8 Å². The highest BCUT2D eigenvalue weighted by Gasteiger charge is 2.29. The molecule has 3 N–H and O–H groups in total. The number of ether oxygens (including phenoxy) is 1. The molecule has 1 unspecified atom stereocenters. The molecular weight excluding hydrogens is 342 g/mol. The third-order valence-electron chi connectivity index (χ3n) is 4.00. The molecule has 0 aromatic heterocycles. The topological polar surface area (TPSA) is 84.7 Å². The molecule has 0 bridgehead atoms. The molecule has 1 aromatic carbocycles. The summed E-state index contributed by atoms with van der Waals surface area (Å²) in [6.45, 7) is 5.90. The fourth-order valence-electron chi connectivity index (χ4n) is 2.80. The van der Waals surface area contributed by atoms with E-state index >= 15 is 0 Å². The minimum absolute atomic E-state index is 0. The molecule has 0 spiro atoms. The molecule has 0 aliphatic carbocycles. The van der Waals surface area contributed by atoms with Crippen molar-refractivity contribution in [1.29, 1.82) is 0 Å². The van der Waals surface area contributed by atoms with Crippen LogP contribution in [0.4, 0.5) is 0 Å². The van der Waals surface area contributed by atoms with Crippen LogP contribution in [-0.4, -0.2) is 49.5 Å². The molecule has 1 fully saturated rings. The summed E-state index contributed by atoms with van der Waals surface area (Å²) in [5.41, 5.74) is 5.93. The average Bonchev–Trinajstić information content (AvgIpc) is 2.64. The van der Waals surface area contributed by atoms with Crippen LogP contribution in [0.2, 0.25) is 0 Å². The van der Waals surface area contributed by atoms with Crippen molar-refractivity contribution in [2.45, 2.75) is 12.8 Å². The van der Waals surface area contributed by atoms with Crippen molar-refractivity contribution in [1.82, 2.24) is 10.2 Å². The molecule has 138 valence electrons. The summed E-state index contributed by atoms with van der Waals surface area (Å²) in [6.07, 6.45) is 3.23. The fourth-order valence-corrected chi connectivity index (χ4v) is 2.80. The van der Waals surface area contributed by atoms with Crippen LogP contribution >= 0.6 is 12.4 Å². The summed E-state index contributed by atoms with van der Waals surface area (Å²) in [6, 6.07) is 7.16. The monoisotopic (exact) mass is 367 g/mol. The molecule has 1 aliphatic heterocycles. The van der Waals surface area contributed by atoms with E-state index in [4.69, 9.17) is 10.5 Å². The second kappa shape index (κ2) is 10.7. The molecule has 2 rings (SSSR count). The van der Waals surface area contributed by atoms with Gasteiger partial charge >= 0.3 is 0 Å². The Hall–Kier alpha value is -2.05. The molecule has 2 amide bonds. The number of hydrogen-bond donors (Lipinski definition) is 2. The Kier molecular flexibility index (Phi) is 9.02. The first-order valence-electron chi connectivity index (χ1n) is 8.27. The van der Waals surface area contributed by atoms with Gasteiger partial charge in [-0.15, -0.1) is 12.4 Å². The van der Waals surface area contributed by atoms with E-state index in [2.05, 4.69) is 11.9 Å². The normalized spacial score (nSPS) is 16.5. The number of carbonyl (C=O) groups is 2. The lowest BCUT2D eigenvalue weighted by atomic mass is 9.96. The highest BCUT2D eigenvalue weighted by Crippen LogP contribution is 2.24. The number of piperidine rings is 1. The van der Waals surface area contributed by atoms with Crippen LogP contribution in [0.1, 0.15) is 23.2 Å². The summed E-state index contributed by atoms with van der Waals surface area (Å²) in [7, 11) is 0. The summed E-state index contributed by atoms with van der Waals surface area (Å²) in [4.78, 5) is 26.7. The first-order chi connectivity index (χ1) is 11.7. The second-order valence-electron chi connectivity index (χ2n) is 5.77. The molecule has 6 nitrogen and oxygen atoms in total. The second-order valence-corrected chi connectivity index (χ2v) is 5.77. The van der Waals surface area contributed by atoms with Crippen LogP contribution in [0.25, 0.3) is 0 Å². The molecule has 0 saturated carbocycles. The van der Waals surface area contributed by atoms with E-state index in [0.29, 0.717) is 44.1 Å². The predicted molar refractivity (Wildman–Crippen MR) is 100 cm³/mol. The molecular formula is C18H26ClN3O3. The van der Waals surface area contributed by atoms with Gasteiger partial charge in [-0.1, -0.05) is 24.8 Å². The van der Waals surface area contributed by atoms with E-state index in [9.17, 15) is 9.59 Å².